The smallest absolute Gasteiger partial charge is 0.216 e. The molecule has 5 heterocycles. The first-order valence-corrected chi connectivity index (χ1v) is 10.4. The summed E-state index contributed by atoms with van der Waals surface area (Å²) >= 11 is 0. The third kappa shape index (κ3) is 4.34. The van der Waals surface area contributed by atoms with E-state index in [0.717, 1.165) is 47.2 Å². The first-order valence-electron chi connectivity index (χ1n) is 10.4. The fraction of sp³-hybridized carbons (Fsp3) is 0.304. The average molecular weight is 416 g/mol. The van der Waals surface area contributed by atoms with Crippen molar-refractivity contribution >= 4 is 11.5 Å². The van der Waals surface area contributed by atoms with Gasteiger partial charge in [-0.05, 0) is 23.8 Å². The molecule has 0 spiro atoms. The number of rotatable bonds is 6. The molecule has 0 aromatic carbocycles. The van der Waals surface area contributed by atoms with Gasteiger partial charge in [-0.2, -0.15) is 0 Å². The highest BCUT2D eigenvalue weighted by atomic mass is 16.5. The van der Waals surface area contributed by atoms with E-state index < -0.39 is 0 Å². The SMILES string of the molecule is COc1ncccc1Cc1nc(Cc2ccn3ccnc3c2)cc(N2CCOCC2)n1. The van der Waals surface area contributed by atoms with Gasteiger partial charge in [-0.15, -0.1) is 0 Å². The Kier molecular flexibility index (Phi) is 5.45. The number of nitrogens with zero attached hydrogens (tertiary/aromatic N) is 6. The number of aromatic nitrogens is 5. The number of imidazole rings is 1. The second-order valence-corrected chi connectivity index (χ2v) is 7.49. The minimum atomic E-state index is 0.557. The summed E-state index contributed by atoms with van der Waals surface area (Å²) in [4.78, 5) is 20.7. The van der Waals surface area contributed by atoms with Crippen LogP contribution in [0.5, 0.6) is 5.88 Å². The van der Waals surface area contributed by atoms with Crippen LogP contribution >= 0.6 is 0 Å². The Morgan fingerprint density at radius 2 is 1.90 bits per heavy atom. The van der Waals surface area contributed by atoms with Crippen LogP contribution in [0.3, 0.4) is 0 Å². The molecule has 5 rings (SSSR count). The van der Waals surface area contributed by atoms with Crippen LogP contribution in [-0.4, -0.2) is 57.7 Å². The summed E-state index contributed by atoms with van der Waals surface area (Å²) in [5.41, 5.74) is 4.04. The van der Waals surface area contributed by atoms with Crippen LogP contribution in [-0.2, 0) is 17.6 Å². The Labute approximate surface area is 180 Å². The molecule has 0 atom stereocenters. The summed E-state index contributed by atoms with van der Waals surface area (Å²) in [6.07, 6.45) is 8.77. The zero-order chi connectivity index (χ0) is 21.0. The number of hydrogen-bond donors (Lipinski definition) is 0. The van der Waals surface area contributed by atoms with Crippen molar-refractivity contribution in [1.82, 2.24) is 24.3 Å². The molecule has 1 aliphatic heterocycles. The molecule has 0 saturated carbocycles. The van der Waals surface area contributed by atoms with Gasteiger partial charge in [0, 0.05) is 62.3 Å². The van der Waals surface area contributed by atoms with Gasteiger partial charge in [0.15, 0.2) is 0 Å². The average Bonchev–Trinajstić information content (AvgIpc) is 3.28. The van der Waals surface area contributed by atoms with Gasteiger partial charge in [-0.1, -0.05) is 6.07 Å². The molecule has 0 amide bonds. The number of pyridine rings is 2. The van der Waals surface area contributed by atoms with Crippen LogP contribution in [0.2, 0.25) is 0 Å². The van der Waals surface area contributed by atoms with Crippen LogP contribution in [0.25, 0.3) is 5.65 Å². The summed E-state index contributed by atoms with van der Waals surface area (Å²) in [6.45, 7) is 3.07. The largest absolute Gasteiger partial charge is 0.481 e. The van der Waals surface area contributed by atoms with E-state index >= 15 is 0 Å². The Morgan fingerprint density at radius 3 is 2.77 bits per heavy atom. The molecule has 0 aliphatic carbocycles. The molecule has 8 nitrogen and oxygen atoms in total. The van der Waals surface area contributed by atoms with Gasteiger partial charge >= 0.3 is 0 Å². The number of fused-ring (bicyclic) bond motifs is 1. The first-order chi connectivity index (χ1) is 15.3. The fourth-order valence-corrected chi connectivity index (χ4v) is 3.84. The standard InChI is InChI=1S/C23H24N6O2/c1-30-23-18(3-2-5-25-23)15-20-26-19(16-22(27-20)29-9-11-31-12-10-29)13-17-4-7-28-8-6-24-21(28)14-17/h2-8,14,16H,9-13,15H2,1H3. The van der Waals surface area contributed by atoms with E-state index in [-0.39, 0.29) is 0 Å². The molecule has 31 heavy (non-hydrogen) atoms. The molecule has 4 aromatic rings. The van der Waals surface area contributed by atoms with Crippen molar-refractivity contribution in [1.29, 1.82) is 0 Å². The highest BCUT2D eigenvalue weighted by Crippen LogP contribution is 2.21. The quantitative estimate of drug-likeness (QED) is 0.478. The second kappa shape index (κ2) is 8.69. The summed E-state index contributed by atoms with van der Waals surface area (Å²) in [5, 5.41) is 0. The molecule has 1 aliphatic rings. The molecule has 1 saturated heterocycles. The van der Waals surface area contributed by atoms with Crippen molar-refractivity contribution in [2.45, 2.75) is 12.8 Å². The van der Waals surface area contributed by atoms with Gasteiger partial charge in [0.2, 0.25) is 5.88 Å². The Hall–Kier alpha value is -3.52. The van der Waals surface area contributed by atoms with Crippen LogP contribution in [0.1, 0.15) is 22.6 Å². The van der Waals surface area contributed by atoms with E-state index in [1.165, 1.54) is 0 Å². The summed E-state index contributed by atoms with van der Waals surface area (Å²) in [7, 11) is 1.63. The summed E-state index contributed by atoms with van der Waals surface area (Å²) < 4.78 is 12.9. The highest BCUT2D eigenvalue weighted by Gasteiger charge is 2.16. The number of morpholine rings is 1. The lowest BCUT2D eigenvalue weighted by Crippen LogP contribution is -2.37. The topological polar surface area (TPSA) is 77.7 Å². The molecule has 158 valence electrons. The predicted molar refractivity (Wildman–Crippen MR) is 117 cm³/mol. The highest BCUT2D eigenvalue weighted by molar-refractivity contribution is 5.45. The molecule has 0 N–H and O–H groups in total. The van der Waals surface area contributed by atoms with Crippen molar-refractivity contribution in [2.24, 2.45) is 0 Å². The van der Waals surface area contributed by atoms with Gasteiger partial charge in [-0.3, -0.25) is 0 Å². The second-order valence-electron chi connectivity index (χ2n) is 7.49. The lowest BCUT2D eigenvalue weighted by molar-refractivity contribution is 0.122. The minimum Gasteiger partial charge on any atom is -0.481 e. The predicted octanol–water partition coefficient (Wildman–Crippen LogP) is 2.55. The zero-order valence-electron chi connectivity index (χ0n) is 17.4. The minimum absolute atomic E-state index is 0.557. The molecule has 0 unspecified atom stereocenters. The maximum absolute atomic E-state index is 5.52. The normalized spacial score (nSPS) is 14.2. The summed E-state index contributed by atoms with van der Waals surface area (Å²) in [6, 6.07) is 10.2. The van der Waals surface area contributed by atoms with E-state index in [0.29, 0.717) is 31.9 Å². The molecule has 0 radical (unpaired) electrons. The molecular formula is C23H24N6O2. The van der Waals surface area contributed by atoms with Gasteiger partial charge < -0.3 is 18.8 Å². The lowest BCUT2D eigenvalue weighted by atomic mass is 10.1. The van der Waals surface area contributed by atoms with Gasteiger partial charge in [0.1, 0.15) is 17.3 Å². The molecular weight excluding hydrogens is 392 g/mol. The van der Waals surface area contributed by atoms with Crippen LogP contribution < -0.4 is 9.64 Å². The maximum Gasteiger partial charge on any atom is 0.216 e. The van der Waals surface area contributed by atoms with E-state index in [2.05, 4.69) is 33.1 Å². The fourth-order valence-electron chi connectivity index (χ4n) is 3.84. The number of ether oxygens (including phenoxy) is 2. The zero-order valence-corrected chi connectivity index (χ0v) is 17.4. The van der Waals surface area contributed by atoms with Crippen molar-refractivity contribution in [3.05, 3.63) is 77.8 Å². The van der Waals surface area contributed by atoms with Gasteiger partial charge in [0.25, 0.3) is 0 Å². The van der Waals surface area contributed by atoms with Crippen molar-refractivity contribution in [3.8, 4) is 5.88 Å². The van der Waals surface area contributed by atoms with Gasteiger partial charge in [-0.25, -0.2) is 19.9 Å². The van der Waals surface area contributed by atoms with E-state index in [4.69, 9.17) is 19.4 Å². The third-order valence-electron chi connectivity index (χ3n) is 5.39. The Balaban J connectivity index is 1.49. The number of anilines is 1. The molecule has 1 fully saturated rings. The van der Waals surface area contributed by atoms with Gasteiger partial charge in [0.05, 0.1) is 26.0 Å². The number of methoxy groups -OCH3 is 1. The van der Waals surface area contributed by atoms with Crippen molar-refractivity contribution in [2.75, 3.05) is 38.3 Å². The Bertz CT molecular complexity index is 1190. The van der Waals surface area contributed by atoms with Crippen molar-refractivity contribution < 1.29 is 9.47 Å². The Morgan fingerprint density at radius 1 is 1.00 bits per heavy atom. The molecule has 8 heteroatoms. The molecule has 0 bridgehead atoms. The van der Waals surface area contributed by atoms with E-state index in [1.54, 1.807) is 19.5 Å². The van der Waals surface area contributed by atoms with Crippen LogP contribution in [0.15, 0.2) is 55.1 Å². The molecule has 4 aromatic heterocycles. The monoisotopic (exact) mass is 416 g/mol. The van der Waals surface area contributed by atoms with E-state index in [9.17, 15) is 0 Å². The van der Waals surface area contributed by atoms with Crippen LogP contribution in [0, 0.1) is 0 Å². The number of hydrogen-bond acceptors (Lipinski definition) is 7. The maximum atomic E-state index is 5.52. The third-order valence-corrected chi connectivity index (χ3v) is 5.39. The van der Waals surface area contributed by atoms with E-state index in [1.807, 2.05) is 28.9 Å². The lowest BCUT2D eigenvalue weighted by Gasteiger charge is -2.28. The van der Waals surface area contributed by atoms with Crippen molar-refractivity contribution in [3.63, 3.8) is 0 Å². The summed E-state index contributed by atoms with van der Waals surface area (Å²) in [5.74, 6) is 2.30. The first kappa shape index (κ1) is 19.4. The van der Waals surface area contributed by atoms with Crippen LogP contribution in [0.4, 0.5) is 5.82 Å².